The Morgan fingerprint density at radius 2 is 1.87 bits per heavy atom. The number of rotatable bonds is 8. The molecule has 0 aromatic heterocycles. The van der Waals surface area contributed by atoms with Gasteiger partial charge in [-0.25, -0.2) is 0 Å². The van der Waals surface area contributed by atoms with E-state index < -0.39 is 0 Å². The van der Waals surface area contributed by atoms with Gasteiger partial charge in [0.05, 0.1) is 11.4 Å². The summed E-state index contributed by atoms with van der Waals surface area (Å²) in [5, 5.41) is 0. The van der Waals surface area contributed by atoms with Crippen LogP contribution in [0.1, 0.15) is 25.7 Å². The molecule has 1 unspecified atom stereocenters. The van der Waals surface area contributed by atoms with Crippen molar-refractivity contribution in [2.45, 2.75) is 25.7 Å². The van der Waals surface area contributed by atoms with Crippen LogP contribution in [-0.4, -0.2) is 13.2 Å². The molecule has 0 fully saturated rings. The Bertz CT molecular complexity index is 582. The predicted octanol–water partition coefficient (Wildman–Crippen LogP) is 3.42. The molecule has 0 aromatic rings. The summed E-state index contributed by atoms with van der Waals surface area (Å²) in [6, 6.07) is 0. The van der Waals surface area contributed by atoms with Gasteiger partial charge in [-0.05, 0) is 37.3 Å². The summed E-state index contributed by atoms with van der Waals surface area (Å²) in [6.07, 6.45) is 13.2. The quantitative estimate of drug-likeness (QED) is 0.674. The standard InChI is InChI=1S/C19H26N2O2/c1-3-9-22-18-12-14(5-7-16(18)20)11-15-6-8-17(21)19(13-15)23-10-4-2/h3-5,7,13-14H,1-2,6,8-12,20-21H2. The Balaban J connectivity index is 1.98. The molecule has 2 rings (SSSR count). The first-order valence-electron chi connectivity index (χ1n) is 7.96. The molecule has 0 spiro atoms. The summed E-state index contributed by atoms with van der Waals surface area (Å²) in [5.74, 6) is 2.02. The molecule has 0 bridgehead atoms. The average molecular weight is 314 g/mol. The Labute approximate surface area is 138 Å². The molecular weight excluding hydrogens is 288 g/mol. The van der Waals surface area contributed by atoms with E-state index in [0.29, 0.717) is 24.8 Å². The Kier molecular flexibility index (Phi) is 6.15. The van der Waals surface area contributed by atoms with Crippen LogP contribution in [0, 0.1) is 5.92 Å². The molecule has 2 aliphatic carbocycles. The van der Waals surface area contributed by atoms with E-state index in [0.717, 1.165) is 42.9 Å². The molecular formula is C19H26N2O2. The molecule has 4 heteroatoms. The van der Waals surface area contributed by atoms with Crippen molar-refractivity contribution in [3.05, 3.63) is 72.0 Å². The highest BCUT2D eigenvalue weighted by atomic mass is 16.5. The lowest BCUT2D eigenvalue weighted by Crippen LogP contribution is -2.15. The van der Waals surface area contributed by atoms with Crippen LogP contribution in [0.5, 0.6) is 0 Å². The van der Waals surface area contributed by atoms with E-state index >= 15 is 0 Å². The number of hydrogen-bond donors (Lipinski definition) is 2. The van der Waals surface area contributed by atoms with Crippen LogP contribution in [0.2, 0.25) is 0 Å². The van der Waals surface area contributed by atoms with E-state index in [2.05, 4.69) is 25.3 Å². The minimum atomic E-state index is 0.383. The molecule has 2 aliphatic rings. The first-order chi connectivity index (χ1) is 11.1. The lowest BCUT2D eigenvalue weighted by Gasteiger charge is -2.24. The summed E-state index contributed by atoms with van der Waals surface area (Å²) in [4.78, 5) is 0. The molecule has 0 amide bonds. The fourth-order valence-corrected chi connectivity index (χ4v) is 2.75. The SMILES string of the molecule is C=CCOC1=C(N)CCC(CC2C=CC(N)=C(OCC=C)C2)=C1. The summed E-state index contributed by atoms with van der Waals surface area (Å²) in [6.45, 7) is 8.29. The smallest absolute Gasteiger partial charge is 0.138 e. The summed E-state index contributed by atoms with van der Waals surface area (Å²) >= 11 is 0. The van der Waals surface area contributed by atoms with Gasteiger partial charge in [-0.1, -0.05) is 37.0 Å². The molecule has 0 heterocycles. The van der Waals surface area contributed by atoms with Crippen LogP contribution < -0.4 is 11.5 Å². The van der Waals surface area contributed by atoms with Gasteiger partial charge in [-0.2, -0.15) is 0 Å². The van der Waals surface area contributed by atoms with E-state index in [-0.39, 0.29) is 0 Å². The molecule has 1 atom stereocenters. The van der Waals surface area contributed by atoms with E-state index in [9.17, 15) is 0 Å². The van der Waals surface area contributed by atoms with Crippen LogP contribution in [0.3, 0.4) is 0 Å². The Hall–Kier alpha value is -2.36. The molecule has 0 aromatic carbocycles. The maximum atomic E-state index is 6.02. The molecule has 0 aliphatic heterocycles. The number of allylic oxidation sites excluding steroid dienone is 6. The van der Waals surface area contributed by atoms with Gasteiger partial charge in [0.25, 0.3) is 0 Å². The monoisotopic (exact) mass is 314 g/mol. The van der Waals surface area contributed by atoms with Gasteiger partial charge in [0.2, 0.25) is 0 Å². The summed E-state index contributed by atoms with van der Waals surface area (Å²) in [5.41, 5.74) is 14.9. The molecule has 0 saturated carbocycles. The molecule has 0 radical (unpaired) electrons. The maximum Gasteiger partial charge on any atom is 0.138 e. The zero-order valence-electron chi connectivity index (χ0n) is 13.6. The second-order valence-corrected chi connectivity index (χ2v) is 5.80. The predicted molar refractivity (Wildman–Crippen MR) is 93.9 cm³/mol. The molecule has 4 nitrogen and oxygen atoms in total. The number of nitrogens with two attached hydrogens (primary N) is 2. The van der Waals surface area contributed by atoms with Gasteiger partial charge in [-0.15, -0.1) is 0 Å². The van der Waals surface area contributed by atoms with Crippen molar-refractivity contribution in [3.8, 4) is 0 Å². The fraction of sp³-hybridized carbons (Fsp3) is 0.368. The van der Waals surface area contributed by atoms with Crippen LogP contribution >= 0.6 is 0 Å². The maximum absolute atomic E-state index is 6.02. The minimum absolute atomic E-state index is 0.383. The summed E-state index contributed by atoms with van der Waals surface area (Å²) < 4.78 is 11.3. The van der Waals surface area contributed by atoms with Crippen molar-refractivity contribution in [2.24, 2.45) is 17.4 Å². The van der Waals surface area contributed by atoms with Crippen molar-refractivity contribution in [1.82, 2.24) is 0 Å². The summed E-state index contributed by atoms with van der Waals surface area (Å²) in [7, 11) is 0. The lowest BCUT2D eigenvalue weighted by molar-refractivity contribution is 0.221. The zero-order chi connectivity index (χ0) is 16.7. The van der Waals surface area contributed by atoms with E-state index in [1.165, 1.54) is 5.57 Å². The molecule has 4 N–H and O–H groups in total. The molecule has 124 valence electrons. The van der Waals surface area contributed by atoms with Crippen LogP contribution in [0.15, 0.2) is 72.0 Å². The first kappa shape index (κ1) is 17.0. The average Bonchev–Trinajstić information content (AvgIpc) is 2.55. The number of hydrogen-bond acceptors (Lipinski definition) is 4. The minimum Gasteiger partial charge on any atom is -0.492 e. The third-order valence-electron chi connectivity index (χ3n) is 3.94. The van der Waals surface area contributed by atoms with Gasteiger partial charge >= 0.3 is 0 Å². The third-order valence-corrected chi connectivity index (χ3v) is 3.94. The van der Waals surface area contributed by atoms with Gasteiger partial charge in [0, 0.05) is 6.42 Å². The Morgan fingerprint density at radius 1 is 1.13 bits per heavy atom. The molecule has 23 heavy (non-hydrogen) atoms. The highest BCUT2D eigenvalue weighted by Crippen LogP contribution is 2.32. The van der Waals surface area contributed by atoms with Crippen molar-refractivity contribution < 1.29 is 9.47 Å². The largest absolute Gasteiger partial charge is 0.492 e. The normalized spacial score (nSPS) is 21.0. The first-order valence-corrected chi connectivity index (χ1v) is 7.96. The van der Waals surface area contributed by atoms with Gasteiger partial charge < -0.3 is 20.9 Å². The third kappa shape index (κ3) is 4.81. The zero-order valence-corrected chi connectivity index (χ0v) is 13.6. The molecule has 0 saturated heterocycles. The van der Waals surface area contributed by atoms with E-state index in [1.807, 2.05) is 6.08 Å². The lowest BCUT2D eigenvalue weighted by atomic mass is 9.87. The van der Waals surface area contributed by atoms with Crippen molar-refractivity contribution in [2.75, 3.05) is 13.2 Å². The van der Waals surface area contributed by atoms with Crippen LogP contribution in [0.25, 0.3) is 0 Å². The highest BCUT2D eigenvalue weighted by molar-refractivity contribution is 5.31. The Morgan fingerprint density at radius 3 is 2.61 bits per heavy atom. The topological polar surface area (TPSA) is 70.5 Å². The fourth-order valence-electron chi connectivity index (χ4n) is 2.75. The van der Waals surface area contributed by atoms with Crippen LogP contribution in [0.4, 0.5) is 0 Å². The van der Waals surface area contributed by atoms with Gasteiger partial charge in [0.15, 0.2) is 0 Å². The van der Waals surface area contributed by atoms with Gasteiger partial charge in [0.1, 0.15) is 24.7 Å². The van der Waals surface area contributed by atoms with Crippen molar-refractivity contribution in [1.29, 1.82) is 0 Å². The van der Waals surface area contributed by atoms with Crippen molar-refractivity contribution >= 4 is 0 Å². The van der Waals surface area contributed by atoms with E-state index in [1.54, 1.807) is 12.2 Å². The highest BCUT2D eigenvalue weighted by Gasteiger charge is 2.20. The van der Waals surface area contributed by atoms with Gasteiger partial charge in [-0.3, -0.25) is 0 Å². The number of ether oxygens (including phenoxy) is 2. The van der Waals surface area contributed by atoms with E-state index in [4.69, 9.17) is 20.9 Å². The second kappa shape index (κ2) is 8.32. The van der Waals surface area contributed by atoms with Crippen molar-refractivity contribution in [3.63, 3.8) is 0 Å². The second-order valence-electron chi connectivity index (χ2n) is 5.80. The van der Waals surface area contributed by atoms with Crippen LogP contribution in [-0.2, 0) is 9.47 Å².